The van der Waals surface area contributed by atoms with Crippen molar-refractivity contribution in [2.75, 3.05) is 6.61 Å². The highest BCUT2D eigenvalue weighted by atomic mass is 16.5. The van der Waals surface area contributed by atoms with Crippen LogP contribution in [0.4, 0.5) is 0 Å². The Bertz CT molecular complexity index is 852. The molecule has 0 unspecified atom stereocenters. The van der Waals surface area contributed by atoms with Crippen LogP contribution in [0, 0.1) is 0 Å². The molecule has 2 aromatic carbocycles. The summed E-state index contributed by atoms with van der Waals surface area (Å²) in [5.41, 5.74) is 3.70. The Balaban J connectivity index is 2.10. The number of hydrogen-bond acceptors (Lipinski definition) is 3. The molecule has 0 spiro atoms. The second-order valence-electron chi connectivity index (χ2n) is 5.23. The number of esters is 1. The normalized spacial score (nSPS) is 10.4. The number of hydrogen-bond donors (Lipinski definition) is 0. The van der Waals surface area contributed by atoms with Crippen molar-refractivity contribution in [1.82, 2.24) is 9.78 Å². The molecule has 3 aromatic rings. The minimum absolute atomic E-state index is 0.192. The highest BCUT2D eigenvalue weighted by molar-refractivity contribution is 6.09. The summed E-state index contributed by atoms with van der Waals surface area (Å²) in [7, 11) is 0. The van der Waals surface area contributed by atoms with Crippen LogP contribution < -0.4 is 0 Å². The fourth-order valence-electron chi connectivity index (χ4n) is 2.45. The Morgan fingerprint density at radius 1 is 1.04 bits per heavy atom. The lowest BCUT2D eigenvalue weighted by molar-refractivity contribution is -0.136. The molecule has 0 amide bonds. The molecule has 0 fully saturated rings. The van der Waals surface area contributed by atoms with E-state index in [-0.39, 0.29) is 5.70 Å². The topological polar surface area (TPSA) is 44.1 Å². The van der Waals surface area contributed by atoms with Crippen LogP contribution in [0.3, 0.4) is 0 Å². The average molecular weight is 318 g/mol. The summed E-state index contributed by atoms with van der Waals surface area (Å²) in [5.74, 6) is -0.475. The van der Waals surface area contributed by atoms with Gasteiger partial charge in [-0.25, -0.2) is 9.48 Å². The summed E-state index contributed by atoms with van der Waals surface area (Å²) < 4.78 is 6.62. The molecule has 120 valence electrons. The van der Waals surface area contributed by atoms with Crippen LogP contribution in [0.1, 0.15) is 6.92 Å². The third-order valence-electron chi connectivity index (χ3n) is 3.62. The number of nitrogens with zero attached hydrogens (tertiary/aromatic N) is 2. The van der Waals surface area contributed by atoms with Crippen molar-refractivity contribution >= 4 is 11.7 Å². The third-order valence-corrected chi connectivity index (χ3v) is 3.62. The average Bonchev–Trinajstić information content (AvgIpc) is 3.08. The second-order valence-corrected chi connectivity index (χ2v) is 5.23. The minimum atomic E-state index is -0.475. The second kappa shape index (κ2) is 6.96. The van der Waals surface area contributed by atoms with E-state index in [4.69, 9.17) is 4.74 Å². The predicted octanol–water partition coefficient (Wildman–Crippen LogP) is 4.25. The lowest BCUT2D eigenvalue weighted by Crippen LogP contribution is -2.13. The molecule has 0 aliphatic heterocycles. The van der Waals surface area contributed by atoms with Crippen LogP contribution >= 0.6 is 0 Å². The molecule has 0 aliphatic carbocycles. The van der Waals surface area contributed by atoms with Gasteiger partial charge in [-0.05, 0) is 13.0 Å². The standard InChI is InChI=1S/C20H18N2O2/c1-3-24-20(23)15(2)22-19(17-12-8-5-9-13-17)14-18(21-22)16-10-6-4-7-11-16/h4-14H,2-3H2,1H3. The first-order valence-electron chi connectivity index (χ1n) is 7.78. The molecule has 0 saturated carbocycles. The number of aromatic nitrogens is 2. The van der Waals surface area contributed by atoms with E-state index in [0.29, 0.717) is 6.61 Å². The first kappa shape index (κ1) is 15.7. The number of benzene rings is 2. The zero-order valence-electron chi connectivity index (χ0n) is 13.5. The molecule has 0 bridgehead atoms. The van der Waals surface area contributed by atoms with E-state index in [0.717, 1.165) is 22.5 Å². The summed E-state index contributed by atoms with van der Waals surface area (Å²) >= 11 is 0. The lowest BCUT2D eigenvalue weighted by atomic mass is 10.1. The molecule has 0 N–H and O–H groups in total. The molecule has 1 heterocycles. The van der Waals surface area contributed by atoms with Crippen molar-refractivity contribution < 1.29 is 9.53 Å². The van der Waals surface area contributed by atoms with E-state index in [1.54, 1.807) is 11.6 Å². The Morgan fingerprint density at radius 3 is 2.21 bits per heavy atom. The SMILES string of the molecule is C=C(C(=O)OCC)n1nc(-c2ccccc2)cc1-c1ccccc1. The monoisotopic (exact) mass is 318 g/mol. The Hall–Kier alpha value is -3.14. The van der Waals surface area contributed by atoms with E-state index >= 15 is 0 Å². The Kier molecular flexibility index (Phi) is 4.57. The van der Waals surface area contributed by atoms with Gasteiger partial charge in [0.15, 0.2) is 0 Å². The van der Waals surface area contributed by atoms with Gasteiger partial charge in [0.1, 0.15) is 5.70 Å². The summed E-state index contributed by atoms with van der Waals surface area (Å²) in [4.78, 5) is 12.1. The minimum Gasteiger partial charge on any atom is -0.461 e. The van der Waals surface area contributed by atoms with Crippen molar-refractivity contribution in [3.8, 4) is 22.5 Å². The number of ether oxygens (including phenoxy) is 1. The molecule has 0 atom stereocenters. The van der Waals surface area contributed by atoms with Gasteiger partial charge in [0.05, 0.1) is 18.0 Å². The fourth-order valence-corrected chi connectivity index (χ4v) is 2.45. The maximum Gasteiger partial charge on any atom is 0.356 e. The van der Waals surface area contributed by atoms with Crippen LogP contribution in [0.15, 0.2) is 73.3 Å². The van der Waals surface area contributed by atoms with E-state index in [1.807, 2.05) is 66.7 Å². The van der Waals surface area contributed by atoms with Crippen LogP contribution in [0.25, 0.3) is 28.2 Å². The van der Waals surface area contributed by atoms with E-state index in [9.17, 15) is 4.79 Å². The molecule has 1 aromatic heterocycles. The first-order valence-corrected chi connectivity index (χ1v) is 7.78. The lowest BCUT2D eigenvalue weighted by Gasteiger charge is -2.09. The molecule has 3 rings (SSSR count). The zero-order chi connectivity index (χ0) is 16.9. The molecular weight excluding hydrogens is 300 g/mol. The van der Waals surface area contributed by atoms with Gasteiger partial charge in [0.2, 0.25) is 0 Å². The van der Waals surface area contributed by atoms with E-state index < -0.39 is 5.97 Å². The van der Waals surface area contributed by atoms with E-state index in [1.165, 1.54) is 0 Å². The van der Waals surface area contributed by atoms with Crippen molar-refractivity contribution in [1.29, 1.82) is 0 Å². The predicted molar refractivity (Wildman–Crippen MR) is 95.1 cm³/mol. The number of carbonyl (C=O) groups excluding carboxylic acids is 1. The van der Waals surface area contributed by atoms with Crippen LogP contribution in [-0.2, 0) is 9.53 Å². The van der Waals surface area contributed by atoms with Crippen molar-refractivity contribution in [2.24, 2.45) is 0 Å². The summed E-state index contributed by atoms with van der Waals surface area (Å²) in [5, 5.41) is 4.58. The van der Waals surface area contributed by atoms with Gasteiger partial charge >= 0.3 is 5.97 Å². The third kappa shape index (κ3) is 3.13. The Labute approximate surface area is 141 Å². The van der Waals surface area contributed by atoms with Gasteiger partial charge in [-0.3, -0.25) is 0 Å². The molecular formula is C20H18N2O2. The van der Waals surface area contributed by atoms with Gasteiger partial charge in [0, 0.05) is 11.1 Å². The summed E-state index contributed by atoms with van der Waals surface area (Å²) in [6.07, 6.45) is 0. The van der Waals surface area contributed by atoms with Gasteiger partial charge in [0.25, 0.3) is 0 Å². The van der Waals surface area contributed by atoms with Crippen LogP contribution in [-0.4, -0.2) is 22.4 Å². The maximum absolute atomic E-state index is 12.1. The largest absolute Gasteiger partial charge is 0.461 e. The smallest absolute Gasteiger partial charge is 0.356 e. The van der Waals surface area contributed by atoms with Crippen LogP contribution in [0.5, 0.6) is 0 Å². The fraction of sp³-hybridized carbons (Fsp3) is 0.100. The number of carbonyl (C=O) groups is 1. The zero-order valence-corrected chi connectivity index (χ0v) is 13.5. The van der Waals surface area contributed by atoms with Gasteiger partial charge in [-0.15, -0.1) is 0 Å². The van der Waals surface area contributed by atoms with Crippen LogP contribution in [0.2, 0.25) is 0 Å². The summed E-state index contributed by atoms with van der Waals surface area (Å²) in [6, 6.07) is 21.6. The molecule has 4 nitrogen and oxygen atoms in total. The molecule has 4 heteroatoms. The highest BCUT2D eigenvalue weighted by Crippen LogP contribution is 2.28. The molecule has 24 heavy (non-hydrogen) atoms. The van der Waals surface area contributed by atoms with Crippen molar-refractivity contribution in [3.63, 3.8) is 0 Å². The van der Waals surface area contributed by atoms with Gasteiger partial charge in [-0.2, -0.15) is 5.10 Å². The molecule has 0 aliphatic rings. The van der Waals surface area contributed by atoms with Crippen molar-refractivity contribution in [2.45, 2.75) is 6.92 Å². The Morgan fingerprint density at radius 2 is 1.62 bits per heavy atom. The molecule has 0 radical (unpaired) electrons. The molecule has 0 saturated heterocycles. The summed E-state index contributed by atoms with van der Waals surface area (Å²) in [6.45, 7) is 5.93. The van der Waals surface area contributed by atoms with E-state index in [2.05, 4.69) is 11.7 Å². The highest BCUT2D eigenvalue weighted by Gasteiger charge is 2.18. The number of rotatable bonds is 5. The van der Waals surface area contributed by atoms with Gasteiger partial charge < -0.3 is 4.74 Å². The maximum atomic E-state index is 12.1. The quantitative estimate of drug-likeness (QED) is 0.522. The van der Waals surface area contributed by atoms with Crippen molar-refractivity contribution in [3.05, 3.63) is 73.3 Å². The first-order chi connectivity index (χ1) is 11.7. The van der Waals surface area contributed by atoms with Gasteiger partial charge in [-0.1, -0.05) is 67.2 Å².